The van der Waals surface area contributed by atoms with Gasteiger partial charge in [-0.1, -0.05) is 5.21 Å². The molecule has 0 radical (unpaired) electrons. The predicted octanol–water partition coefficient (Wildman–Crippen LogP) is 2.57. The smallest absolute Gasteiger partial charge is 0.101 e. The number of hydrogen-bond acceptors (Lipinski definition) is 3. The van der Waals surface area contributed by atoms with Gasteiger partial charge in [-0.3, -0.25) is 0 Å². The van der Waals surface area contributed by atoms with Gasteiger partial charge in [-0.25, -0.2) is 4.68 Å². The van der Waals surface area contributed by atoms with E-state index in [4.69, 9.17) is 16.3 Å². The van der Waals surface area contributed by atoms with Gasteiger partial charge in [-0.15, -0.1) is 16.7 Å². The second kappa shape index (κ2) is 5.83. The second-order valence-corrected chi connectivity index (χ2v) is 5.11. The maximum absolute atomic E-state index is 5.92. The lowest BCUT2D eigenvalue weighted by Crippen LogP contribution is -2.13. The summed E-state index contributed by atoms with van der Waals surface area (Å²) in [7, 11) is 1.73. The number of halogens is 1. The molecule has 2 rings (SSSR count). The molecule has 96 valence electrons. The van der Waals surface area contributed by atoms with Crippen molar-refractivity contribution in [2.75, 3.05) is 13.7 Å². The fourth-order valence-corrected chi connectivity index (χ4v) is 2.23. The minimum atomic E-state index is 0.327. The van der Waals surface area contributed by atoms with Crippen LogP contribution in [0.2, 0.25) is 0 Å². The Hall–Kier alpha value is -0.610. The van der Waals surface area contributed by atoms with Crippen molar-refractivity contribution in [1.29, 1.82) is 0 Å². The van der Waals surface area contributed by atoms with Gasteiger partial charge in [0.25, 0.3) is 0 Å². The summed E-state index contributed by atoms with van der Waals surface area (Å²) in [4.78, 5) is 0. The van der Waals surface area contributed by atoms with E-state index in [0.29, 0.717) is 11.9 Å². The quantitative estimate of drug-likeness (QED) is 0.705. The van der Waals surface area contributed by atoms with Gasteiger partial charge in [0.1, 0.15) is 5.69 Å². The van der Waals surface area contributed by atoms with Crippen LogP contribution in [0.4, 0.5) is 0 Å². The number of alkyl halides is 1. The Morgan fingerprint density at radius 2 is 2.29 bits per heavy atom. The van der Waals surface area contributed by atoms with Crippen LogP contribution in [0.25, 0.3) is 0 Å². The molecule has 0 saturated heterocycles. The molecule has 1 aliphatic carbocycles. The third-order valence-electron chi connectivity index (χ3n) is 3.33. The summed E-state index contributed by atoms with van der Waals surface area (Å²) in [5.41, 5.74) is 2.17. The number of rotatable bonds is 7. The molecule has 1 aromatic rings. The Kier molecular flexibility index (Phi) is 4.40. The first-order chi connectivity index (χ1) is 8.26. The monoisotopic (exact) mass is 257 g/mol. The Bertz CT molecular complexity index is 363. The van der Waals surface area contributed by atoms with Crippen molar-refractivity contribution in [3.8, 4) is 0 Å². The summed E-state index contributed by atoms with van der Waals surface area (Å²) >= 11 is 5.92. The Balaban J connectivity index is 2.10. The van der Waals surface area contributed by atoms with Gasteiger partial charge in [0, 0.05) is 13.7 Å². The number of nitrogens with zero attached hydrogens (tertiary/aromatic N) is 3. The van der Waals surface area contributed by atoms with E-state index in [2.05, 4.69) is 17.2 Å². The highest BCUT2D eigenvalue weighted by Gasteiger charge is 2.26. The fourth-order valence-electron chi connectivity index (χ4n) is 2.02. The molecule has 4 nitrogen and oxygen atoms in total. The number of methoxy groups -OCH3 is 1. The number of aromatic nitrogens is 3. The molecule has 1 fully saturated rings. The van der Waals surface area contributed by atoms with Crippen LogP contribution in [0.15, 0.2) is 0 Å². The molecule has 0 bridgehead atoms. The highest BCUT2D eigenvalue weighted by Crippen LogP contribution is 2.34. The van der Waals surface area contributed by atoms with Crippen LogP contribution >= 0.6 is 11.6 Å². The van der Waals surface area contributed by atoms with Crippen molar-refractivity contribution in [2.45, 2.75) is 44.5 Å². The maximum Gasteiger partial charge on any atom is 0.101 e. The zero-order valence-electron chi connectivity index (χ0n) is 10.5. The van der Waals surface area contributed by atoms with Gasteiger partial charge >= 0.3 is 0 Å². The van der Waals surface area contributed by atoms with E-state index in [1.807, 2.05) is 4.68 Å². The van der Waals surface area contributed by atoms with Crippen LogP contribution in [0.3, 0.4) is 0 Å². The van der Waals surface area contributed by atoms with Gasteiger partial charge in [0.05, 0.1) is 17.6 Å². The predicted molar refractivity (Wildman–Crippen MR) is 67.2 cm³/mol. The molecule has 1 aliphatic rings. The van der Waals surface area contributed by atoms with Crippen LogP contribution < -0.4 is 0 Å². The summed E-state index contributed by atoms with van der Waals surface area (Å²) in [5.74, 6) is 1.28. The SMILES string of the molecule is COCCC(C)n1nnc(CCl)c1CC1CC1. The number of hydrogen-bond donors (Lipinski definition) is 0. The lowest BCUT2D eigenvalue weighted by Gasteiger charge is -2.14. The van der Waals surface area contributed by atoms with Gasteiger partial charge < -0.3 is 4.74 Å². The third kappa shape index (κ3) is 3.19. The van der Waals surface area contributed by atoms with Crippen LogP contribution in [-0.4, -0.2) is 28.7 Å². The third-order valence-corrected chi connectivity index (χ3v) is 3.59. The van der Waals surface area contributed by atoms with Crippen LogP contribution in [-0.2, 0) is 17.0 Å². The second-order valence-electron chi connectivity index (χ2n) is 4.84. The van der Waals surface area contributed by atoms with E-state index in [0.717, 1.165) is 31.1 Å². The molecular formula is C12H20ClN3O. The minimum absolute atomic E-state index is 0.327. The first-order valence-corrected chi connectivity index (χ1v) is 6.77. The first kappa shape index (κ1) is 12.8. The van der Waals surface area contributed by atoms with Crippen molar-refractivity contribution in [3.63, 3.8) is 0 Å². The molecule has 0 amide bonds. The van der Waals surface area contributed by atoms with E-state index in [9.17, 15) is 0 Å². The van der Waals surface area contributed by atoms with E-state index in [1.54, 1.807) is 7.11 Å². The minimum Gasteiger partial charge on any atom is -0.385 e. The number of ether oxygens (including phenoxy) is 1. The molecular weight excluding hydrogens is 238 g/mol. The van der Waals surface area contributed by atoms with E-state index in [1.165, 1.54) is 18.5 Å². The highest BCUT2D eigenvalue weighted by atomic mass is 35.5. The summed E-state index contributed by atoms with van der Waals surface area (Å²) in [6, 6.07) is 0.327. The molecule has 0 aliphatic heterocycles. The van der Waals surface area contributed by atoms with Gasteiger partial charge in [-0.2, -0.15) is 0 Å². The van der Waals surface area contributed by atoms with Gasteiger partial charge in [0.2, 0.25) is 0 Å². The lowest BCUT2D eigenvalue weighted by molar-refractivity contribution is 0.177. The summed E-state index contributed by atoms with van der Waals surface area (Å²) in [6.45, 7) is 2.90. The van der Waals surface area contributed by atoms with E-state index in [-0.39, 0.29) is 0 Å². The van der Waals surface area contributed by atoms with Crippen molar-refractivity contribution in [1.82, 2.24) is 15.0 Å². The Morgan fingerprint density at radius 1 is 1.53 bits per heavy atom. The topological polar surface area (TPSA) is 39.9 Å². The van der Waals surface area contributed by atoms with Gasteiger partial charge in [-0.05, 0) is 38.5 Å². The van der Waals surface area contributed by atoms with Gasteiger partial charge in [0.15, 0.2) is 0 Å². The van der Waals surface area contributed by atoms with Crippen molar-refractivity contribution >= 4 is 11.6 Å². The highest BCUT2D eigenvalue weighted by molar-refractivity contribution is 6.16. The summed E-state index contributed by atoms with van der Waals surface area (Å²) in [5, 5.41) is 8.43. The summed E-state index contributed by atoms with van der Waals surface area (Å²) < 4.78 is 7.15. The lowest BCUT2D eigenvalue weighted by atomic mass is 10.1. The first-order valence-electron chi connectivity index (χ1n) is 6.24. The van der Waals surface area contributed by atoms with E-state index >= 15 is 0 Å². The maximum atomic E-state index is 5.92. The molecule has 17 heavy (non-hydrogen) atoms. The fraction of sp³-hybridized carbons (Fsp3) is 0.833. The van der Waals surface area contributed by atoms with Crippen molar-refractivity contribution in [2.24, 2.45) is 5.92 Å². The molecule has 0 N–H and O–H groups in total. The van der Waals surface area contributed by atoms with Crippen molar-refractivity contribution in [3.05, 3.63) is 11.4 Å². The van der Waals surface area contributed by atoms with Crippen LogP contribution in [0.1, 0.15) is 43.6 Å². The van der Waals surface area contributed by atoms with Crippen LogP contribution in [0, 0.1) is 5.92 Å². The average Bonchev–Trinajstić information content (AvgIpc) is 3.05. The average molecular weight is 258 g/mol. The summed E-state index contributed by atoms with van der Waals surface area (Å²) in [6.07, 6.45) is 4.70. The Morgan fingerprint density at radius 3 is 2.88 bits per heavy atom. The largest absolute Gasteiger partial charge is 0.385 e. The molecule has 1 saturated carbocycles. The molecule has 0 spiro atoms. The molecule has 1 unspecified atom stereocenters. The zero-order chi connectivity index (χ0) is 12.3. The molecule has 0 aromatic carbocycles. The molecule has 1 heterocycles. The molecule has 1 aromatic heterocycles. The Labute approximate surface area is 107 Å². The standard InChI is InChI=1S/C12H20ClN3O/c1-9(5-6-17-2)16-12(7-10-3-4-10)11(8-13)14-15-16/h9-10H,3-8H2,1-2H3. The normalized spacial score (nSPS) is 17.4. The van der Waals surface area contributed by atoms with Crippen molar-refractivity contribution < 1.29 is 4.74 Å². The van der Waals surface area contributed by atoms with E-state index < -0.39 is 0 Å². The molecule has 1 atom stereocenters. The molecule has 5 heteroatoms. The van der Waals surface area contributed by atoms with Crippen LogP contribution in [0.5, 0.6) is 0 Å². The zero-order valence-corrected chi connectivity index (χ0v) is 11.3.